The van der Waals surface area contributed by atoms with Crippen LogP contribution in [0.3, 0.4) is 0 Å². The first-order valence-electron chi connectivity index (χ1n) is 5.06. The minimum atomic E-state index is -0.428. The maximum absolute atomic E-state index is 11.7. The minimum absolute atomic E-state index is 0.0512. The maximum Gasteiger partial charge on any atom is 0.183 e. The van der Waals surface area contributed by atoms with Crippen molar-refractivity contribution in [1.29, 1.82) is 0 Å². The number of hydrogen-bond donors (Lipinski definition) is 1. The highest BCUT2D eigenvalue weighted by molar-refractivity contribution is 5.97. The van der Waals surface area contributed by atoms with Crippen LogP contribution in [0.2, 0.25) is 0 Å². The average Bonchev–Trinajstić information content (AvgIpc) is 2.31. The number of ketones is 1. The van der Waals surface area contributed by atoms with Crippen LogP contribution in [0.1, 0.15) is 22.2 Å². The molecule has 0 spiro atoms. The number of methoxy groups -OCH3 is 2. The Morgan fingerprint density at radius 2 is 2.06 bits per heavy atom. The Morgan fingerprint density at radius 3 is 2.62 bits per heavy atom. The number of hydrogen-bond acceptors (Lipinski definition) is 4. The fraction of sp³-hybridized carbons (Fsp3) is 0.417. The summed E-state index contributed by atoms with van der Waals surface area (Å²) in [6, 6.07) is 7.26. The van der Waals surface area contributed by atoms with Crippen LogP contribution in [0.4, 0.5) is 0 Å². The van der Waals surface area contributed by atoms with Crippen LogP contribution >= 0.6 is 0 Å². The van der Waals surface area contributed by atoms with Crippen LogP contribution in [0.25, 0.3) is 0 Å². The molecule has 0 saturated heterocycles. The molecule has 0 amide bonds. The van der Waals surface area contributed by atoms with E-state index in [2.05, 4.69) is 5.32 Å². The topological polar surface area (TPSA) is 47.6 Å². The molecule has 0 atom stereocenters. The standard InChI is InChI=1S/C12H17NO3/c1-13-8-11(14)9-5-4-6-10(7-9)12(15-2)16-3/h4-7,12-13H,8H2,1-3H3. The summed E-state index contributed by atoms with van der Waals surface area (Å²) < 4.78 is 10.3. The highest BCUT2D eigenvalue weighted by atomic mass is 16.7. The van der Waals surface area contributed by atoms with Crippen molar-refractivity contribution < 1.29 is 14.3 Å². The Hall–Kier alpha value is -1.23. The number of Topliss-reactive ketones (excluding diaryl/α,β-unsaturated/α-hetero) is 1. The van der Waals surface area contributed by atoms with Gasteiger partial charge in [0, 0.05) is 25.3 Å². The quantitative estimate of drug-likeness (QED) is 0.584. The van der Waals surface area contributed by atoms with Crippen molar-refractivity contribution in [3.63, 3.8) is 0 Å². The first-order valence-corrected chi connectivity index (χ1v) is 5.06. The second kappa shape index (κ2) is 6.37. The van der Waals surface area contributed by atoms with E-state index in [1.165, 1.54) is 0 Å². The van der Waals surface area contributed by atoms with Crippen LogP contribution in [0, 0.1) is 0 Å². The number of likely N-dealkylation sites (N-methyl/N-ethyl adjacent to an activating group) is 1. The zero-order valence-corrected chi connectivity index (χ0v) is 9.82. The summed E-state index contributed by atoms with van der Waals surface area (Å²) in [4.78, 5) is 11.7. The van der Waals surface area contributed by atoms with Gasteiger partial charge in [0.05, 0.1) is 6.54 Å². The van der Waals surface area contributed by atoms with Gasteiger partial charge in [-0.15, -0.1) is 0 Å². The smallest absolute Gasteiger partial charge is 0.183 e. The summed E-state index contributed by atoms with van der Waals surface area (Å²) >= 11 is 0. The number of carbonyl (C=O) groups is 1. The summed E-state index contributed by atoms with van der Waals surface area (Å²) in [5, 5.41) is 2.83. The normalized spacial score (nSPS) is 10.8. The monoisotopic (exact) mass is 223 g/mol. The number of benzene rings is 1. The molecule has 1 aromatic rings. The van der Waals surface area contributed by atoms with Crippen molar-refractivity contribution >= 4 is 5.78 Å². The molecular formula is C12H17NO3. The van der Waals surface area contributed by atoms with Gasteiger partial charge in [-0.1, -0.05) is 18.2 Å². The summed E-state index contributed by atoms with van der Waals surface area (Å²) in [6.07, 6.45) is -0.428. The number of ether oxygens (including phenoxy) is 2. The molecule has 88 valence electrons. The first-order chi connectivity index (χ1) is 7.72. The number of nitrogens with one attached hydrogen (secondary N) is 1. The molecule has 0 aliphatic carbocycles. The van der Waals surface area contributed by atoms with Crippen LogP contribution in [-0.4, -0.2) is 33.6 Å². The highest BCUT2D eigenvalue weighted by Crippen LogP contribution is 2.18. The van der Waals surface area contributed by atoms with Gasteiger partial charge in [-0.2, -0.15) is 0 Å². The molecule has 4 heteroatoms. The predicted molar refractivity (Wildman–Crippen MR) is 61.5 cm³/mol. The Bertz CT molecular complexity index is 348. The molecule has 0 aliphatic heterocycles. The average molecular weight is 223 g/mol. The van der Waals surface area contributed by atoms with Crippen molar-refractivity contribution in [2.75, 3.05) is 27.8 Å². The van der Waals surface area contributed by atoms with Gasteiger partial charge in [0.2, 0.25) is 0 Å². The summed E-state index contributed by atoms with van der Waals surface area (Å²) in [5.74, 6) is 0.0512. The van der Waals surface area contributed by atoms with Crippen LogP contribution < -0.4 is 5.32 Å². The number of carbonyl (C=O) groups excluding carboxylic acids is 1. The van der Waals surface area contributed by atoms with Gasteiger partial charge >= 0.3 is 0 Å². The third-order valence-corrected chi connectivity index (χ3v) is 2.25. The summed E-state index contributed by atoms with van der Waals surface area (Å²) in [5.41, 5.74) is 1.50. The van der Waals surface area contributed by atoms with E-state index in [1.54, 1.807) is 33.4 Å². The lowest BCUT2D eigenvalue weighted by Gasteiger charge is -2.14. The Balaban J connectivity index is 2.89. The second-order valence-electron chi connectivity index (χ2n) is 3.38. The fourth-order valence-corrected chi connectivity index (χ4v) is 1.49. The molecule has 0 heterocycles. The Labute approximate surface area is 95.6 Å². The van der Waals surface area contributed by atoms with Gasteiger partial charge < -0.3 is 14.8 Å². The molecule has 0 radical (unpaired) electrons. The van der Waals surface area contributed by atoms with Gasteiger partial charge in [0.25, 0.3) is 0 Å². The zero-order valence-electron chi connectivity index (χ0n) is 9.82. The SMILES string of the molecule is CNCC(=O)c1cccc(C(OC)OC)c1. The third-order valence-electron chi connectivity index (χ3n) is 2.25. The molecule has 0 aliphatic rings. The van der Waals surface area contributed by atoms with Gasteiger partial charge in [0.1, 0.15) is 0 Å². The van der Waals surface area contributed by atoms with Gasteiger partial charge in [-0.3, -0.25) is 4.79 Å². The van der Waals surface area contributed by atoms with Crippen molar-refractivity contribution in [1.82, 2.24) is 5.32 Å². The molecule has 0 unspecified atom stereocenters. The maximum atomic E-state index is 11.7. The van der Waals surface area contributed by atoms with E-state index < -0.39 is 6.29 Å². The summed E-state index contributed by atoms with van der Waals surface area (Å²) in [6.45, 7) is 0.327. The second-order valence-corrected chi connectivity index (χ2v) is 3.38. The van der Waals surface area contributed by atoms with Gasteiger partial charge in [0.15, 0.2) is 12.1 Å². The highest BCUT2D eigenvalue weighted by Gasteiger charge is 2.11. The molecule has 0 saturated carbocycles. The van der Waals surface area contributed by atoms with E-state index in [1.807, 2.05) is 12.1 Å². The van der Waals surface area contributed by atoms with Crippen molar-refractivity contribution in [3.05, 3.63) is 35.4 Å². The van der Waals surface area contributed by atoms with E-state index in [0.717, 1.165) is 5.56 Å². The summed E-state index contributed by atoms with van der Waals surface area (Å²) in [7, 11) is 4.88. The van der Waals surface area contributed by atoms with Crippen molar-refractivity contribution in [2.45, 2.75) is 6.29 Å². The largest absolute Gasteiger partial charge is 0.352 e. The van der Waals surface area contributed by atoms with Gasteiger partial charge in [-0.05, 0) is 13.1 Å². The molecule has 4 nitrogen and oxygen atoms in total. The molecule has 0 aromatic heterocycles. The first kappa shape index (κ1) is 12.8. The molecule has 1 rings (SSSR count). The third kappa shape index (κ3) is 3.13. The molecule has 1 N–H and O–H groups in total. The van der Waals surface area contributed by atoms with E-state index in [0.29, 0.717) is 12.1 Å². The molecule has 1 aromatic carbocycles. The molecule has 0 fully saturated rings. The van der Waals surface area contributed by atoms with E-state index in [4.69, 9.17) is 9.47 Å². The lowest BCUT2D eigenvalue weighted by molar-refractivity contribution is -0.106. The molecular weight excluding hydrogens is 206 g/mol. The van der Waals surface area contributed by atoms with Crippen molar-refractivity contribution in [2.24, 2.45) is 0 Å². The molecule has 16 heavy (non-hydrogen) atoms. The minimum Gasteiger partial charge on any atom is -0.352 e. The van der Waals surface area contributed by atoms with E-state index >= 15 is 0 Å². The zero-order chi connectivity index (χ0) is 12.0. The van der Waals surface area contributed by atoms with Crippen LogP contribution in [0.5, 0.6) is 0 Å². The molecule has 0 bridgehead atoms. The van der Waals surface area contributed by atoms with Crippen molar-refractivity contribution in [3.8, 4) is 0 Å². The van der Waals surface area contributed by atoms with Gasteiger partial charge in [-0.25, -0.2) is 0 Å². The predicted octanol–water partition coefficient (Wildman–Crippen LogP) is 1.38. The lowest BCUT2D eigenvalue weighted by Crippen LogP contribution is -2.18. The van der Waals surface area contributed by atoms with Crippen LogP contribution in [0.15, 0.2) is 24.3 Å². The Morgan fingerprint density at radius 1 is 1.38 bits per heavy atom. The Kier molecular flexibility index (Phi) is 5.11. The fourth-order valence-electron chi connectivity index (χ4n) is 1.49. The van der Waals surface area contributed by atoms with E-state index in [-0.39, 0.29) is 5.78 Å². The van der Waals surface area contributed by atoms with E-state index in [9.17, 15) is 4.79 Å². The lowest BCUT2D eigenvalue weighted by atomic mass is 10.1. The number of rotatable bonds is 6. The van der Waals surface area contributed by atoms with Crippen LogP contribution in [-0.2, 0) is 9.47 Å².